The van der Waals surface area contributed by atoms with Crippen LogP contribution in [-0.4, -0.2) is 23.6 Å². The standard InChI is InChI=1S/C17H14N2O3S2/c1-19-13-7-5-11(16(21)22-2)10-14(13)24-17(19)18-15(20)8-6-12-4-3-9-23-12/h3-10H,1-2H3. The molecule has 0 saturated carbocycles. The van der Waals surface area contributed by atoms with Crippen molar-refractivity contribution in [1.82, 2.24) is 4.57 Å². The Kier molecular flexibility index (Phi) is 4.73. The molecule has 122 valence electrons. The van der Waals surface area contributed by atoms with Gasteiger partial charge >= 0.3 is 5.97 Å². The molecule has 5 nitrogen and oxygen atoms in total. The Morgan fingerprint density at radius 2 is 2.12 bits per heavy atom. The van der Waals surface area contributed by atoms with E-state index in [4.69, 9.17) is 4.74 Å². The molecule has 7 heteroatoms. The number of amides is 1. The Bertz CT molecular complexity index is 995. The van der Waals surface area contributed by atoms with Crippen molar-refractivity contribution in [1.29, 1.82) is 0 Å². The molecule has 3 aromatic rings. The summed E-state index contributed by atoms with van der Waals surface area (Å²) >= 11 is 2.91. The predicted octanol–water partition coefficient (Wildman–Crippen LogP) is 3.23. The van der Waals surface area contributed by atoms with Gasteiger partial charge in [-0.1, -0.05) is 17.4 Å². The maximum atomic E-state index is 12.0. The summed E-state index contributed by atoms with van der Waals surface area (Å²) in [7, 11) is 3.19. The minimum Gasteiger partial charge on any atom is -0.465 e. The Labute approximate surface area is 146 Å². The van der Waals surface area contributed by atoms with Crippen molar-refractivity contribution in [2.45, 2.75) is 0 Å². The van der Waals surface area contributed by atoms with Crippen LogP contribution in [0.2, 0.25) is 0 Å². The second kappa shape index (κ2) is 6.94. The number of methoxy groups -OCH3 is 1. The van der Waals surface area contributed by atoms with Crippen molar-refractivity contribution in [3.63, 3.8) is 0 Å². The van der Waals surface area contributed by atoms with Crippen LogP contribution in [0.3, 0.4) is 0 Å². The van der Waals surface area contributed by atoms with E-state index < -0.39 is 0 Å². The lowest BCUT2D eigenvalue weighted by Crippen LogP contribution is -2.12. The molecule has 0 aliphatic rings. The Morgan fingerprint density at radius 1 is 1.29 bits per heavy atom. The monoisotopic (exact) mass is 358 g/mol. The first-order valence-electron chi connectivity index (χ1n) is 7.06. The third-order valence-corrected chi connectivity index (χ3v) is 5.30. The molecule has 0 saturated heterocycles. The lowest BCUT2D eigenvalue weighted by molar-refractivity contribution is -0.113. The molecule has 2 heterocycles. The van der Waals surface area contributed by atoms with Gasteiger partial charge in [0, 0.05) is 18.0 Å². The van der Waals surface area contributed by atoms with Crippen LogP contribution in [0.25, 0.3) is 16.3 Å². The first-order valence-corrected chi connectivity index (χ1v) is 8.76. The van der Waals surface area contributed by atoms with Crippen LogP contribution < -0.4 is 4.80 Å². The number of aryl methyl sites for hydroxylation is 1. The van der Waals surface area contributed by atoms with Crippen molar-refractivity contribution in [3.8, 4) is 0 Å². The van der Waals surface area contributed by atoms with E-state index in [9.17, 15) is 9.59 Å². The number of hydrogen-bond acceptors (Lipinski definition) is 5. The molecule has 0 aliphatic carbocycles. The Balaban J connectivity index is 1.95. The molecule has 0 fully saturated rings. The van der Waals surface area contributed by atoms with Gasteiger partial charge in [0.05, 0.1) is 22.9 Å². The van der Waals surface area contributed by atoms with E-state index >= 15 is 0 Å². The molecule has 0 N–H and O–H groups in total. The second-order valence-corrected chi connectivity index (χ2v) is 6.90. The van der Waals surface area contributed by atoms with Crippen molar-refractivity contribution < 1.29 is 14.3 Å². The smallest absolute Gasteiger partial charge is 0.337 e. The number of esters is 1. The minimum atomic E-state index is -0.388. The highest BCUT2D eigenvalue weighted by molar-refractivity contribution is 7.16. The van der Waals surface area contributed by atoms with E-state index in [0.717, 1.165) is 15.1 Å². The second-order valence-electron chi connectivity index (χ2n) is 4.92. The van der Waals surface area contributed by atoms with Gasteiger partial charge in [-0.3, -0.25) is 4.79 Å². The van der Waals surface area contributed by atoms with E-state index in [1.165, 1.54) is 24.5 Å². The van der Waals surface area contributed by atoms with Gasteiger partial charge in [-0.25, -0.2) is 4.79 Å². The SMILES string of the molecule is COC(=O)c1ccc2c(c1)sc(=NC(=O)C=Cc1cccs1)n2C. The van der Waals surface area contributed by atoms with Crippen molar-refractivity contribution in [3.05, 3.63) is 57.0 Å². The first kappa shape index (κ1) is 16.4. The normalized spacial score (nSPS) is 12.2. The largest absolute Gasteiger partial charge is 0.465 e. The Morgan fingerprint density at radius 3 is 2.83 bits per heavy atom. The van der Waals surface area contributed by atoms with Gasteiger partial charge in [-0.15, -0.1) is 11.3 Å². The number of aromatic nitrogens is 1. The third-order valence-electron chi connectivity index (χ3n) is 3.37. The van der Waals surface area contributed by atoms with Gasteiger partial charge in [-0.2, -0.15) is 4.99 Å². The molecule has 3 rings (SSSR count). The summed E-state index contributed by atoms with van der Waals surface area (Å²) in [6.07, 6.45) is 3.20. The zero-order chi connectivity index (χ0) is 17.1. The lowest BCUT2D eigenvalue weighted by atomic mass is 10.2. The first-order chi connectivity index (χ1) is 11.6. The number of ether oxygens (including phenoxy) is 1. The van der Waals surface area contributed by atoms with Crippen LogP contribution in [0.4, 0.5) is 0 Å². The molecule has 0 radical (unpaired) electrons. The molecule has 0 bridgehead atoms. The highest BCUT2D eigenvalue weighted by Crippen LogP contribution is 2.19. The molecule has 2 aromatic heterocycles. The van der Waals surface area contributed by atoms with Crippen LogP contribution in [0.1, 0.15) is 15.2 Å². The van der Waals surface area contributed by atoms with Gasteiger partial charge < -0.3 is 9.30 Å². The zero-order valence-electron chi connectivity index (χ0n) is 13.1. The van der Waals surface area contributed by atoms with Crippen LogP contribution in [0, 0.1) is 0 Å². The molecule has 1 amide bonds. The molecule has 0 unspecified atom stereocenters. The van der Waals surface area contributed by atoms with Gasteiger partial charge in [0.15, 0.2) is 4.80 Å². The lowest BCUT2D eigenvalue weighted by Gasteiger charge is -1.99. The van der Waals surface area contributed by atoms with E-state index in [1.54, 1.807) is 29.5 Å². The van der Waals surface area contributed by atoms with Gasteiger partial charge in [0.2, 0.25) is 0 Å². The molecule has 24 heavy (non-hydrogen) atoms. The van der Waals surface area contributed by atoms with Crippen molar-refractivity contribution in [2.75, 3.05) is 7.11 Å². The van der Waals surface area contributed by atoms with Gasteiger partial charge in [0.25, 0.3) is 5.91 Å². The summed E-state index contributed by atoms with van der Waals surface area (Å²) in [6.45, 7) is 0. The average Bonchev–Trinajstić information content (AvgIpc) is 3.21. The maximum absolute atomic E-state index is 12.0. The zero-order valence-corrected chi connectivity index (χ0v) is 14.7. The van der Waals surface area contributed by atoms with E-state index in [0.29, 0.717) is 10.4 Å². The van der Waals surface area contributed by atoms with E-state index in [2.05, 4.69) is 4.99 Å². The van der Waals surface area contributed by atoms with E-state index in [1.807, 2.05) is 35.2 Å². The van der Waals surface area contributed by atoms with Crippen LogP contribution in [-0.2, 0) is 16.6 Å². The fourth-order valence-electron chi connectivity index (χ4n) is 2.16. The Hall–Kier alpha value is -2.51. The number of benzene rings is 1. The summed E-state index contributed by atoms with van der Waals surface area (Å²) in [5.74, 6) is -0.708. The quantitative estimate of drug-likeness (QED) is 0.533. The summed E-state index contributed by atoms with van der Waals surface area (Å²) in [6, 6.07) is 9.13. The number of carbonyl (C=O) groups is 2. The van der Waals surface area contributed by atoms with Crippen molar-refractivity contribution in [2.24, 2.45) is 12.0 Å². The number of thiophene rings is 1. The van der Waals surface area contributed by atoms with Crippen LogP contribution >= 0.6 is 22.7 Å². The predicted molar refractivity (Wildman–Crippen MR) is 96.1 cm³/mol. The number of carbonyl (C=O) groups excluding carboxylic acids is 2. The molecular weight excluding hydrogens is 344 g/mol. The third kappa shape index (κ3) is 3.37. The van der Waals surface area contributed by atoms with Crippen LogP contribution in [0.5, 0.6) is 0 Å². The molecule has 0 spiro atoms. The molecule has 0 atom stereocenters. The highest BCUT2D eigenvalue weighted by Gasteiger charge is 2.09. The van der Waals surface area contributed by atoms with E-state index in [-0.39, 0.29) is 11.9 Å². The molecule has 0 aliphatic heterocycles. The molecule has 1 aromatic carbocycles. The summed E-state index contributed by atoms with van der Waals surface area (Å²) in [4.78, 5) is 29.4. The summed E-state index contributed by atoms with van der Waals surface area (Å²) in [5, 5.41) is 1.95. The number of nitrogens with zero attached hydrogens (tertiary/aromatic N) is 2. The molecular formula is C17H14N2O3S2. The highest BCUT2D eigenvalue weighted by atomic mass is 32.1. The van der Waals surface area contributed by atoms with Crippen molar-refractivity contribution >= 4 is 50.8 Å². The maximum Gasteiger partial charge on any atom is 0.337 e. The fourth-order valence-corrected chi connectivity index (χ4v) is 3.84. The van der Waals surface area contributed by atoms with Gasteiger partial charge in [0.1, 0.15) is 0 Å². The number of fused-ring (bicyclic) bond motifs is 1. The minimum absolute atomic E-state index is 0.321. The fraction of sp³-hybridized carbons (Fsp3) is 0.118. The summed E-state index contributed by atoms with van der Waals surface area (Å²) in [5.41, 5.74) is 1.38. The number of hydrogen-bond donors (Lipinski definition) is 0. The number of rotatable bonds is 3. The van der Waals surface area contributed by atoms with Gasteiger partial charge in [-0.05, 0) is 35.7 Å². The average molecular weight is 358 g/mol. The summed E-state index contributed by atoms with van der Waals surface area (Å²) < 4.78 is 7.43. The topological polar surface area (TPSA) is 60.7 Å². The van der Waals surface area contributed by atoms with Crippen LogP contribution in [0.15, 0.2) is 46.8 Å². The number of thiazole rings is 1.